The highest BCUT2D eigenvalue weighted by Crippen LogP contribution is 2.21. The Labute approximate surface area is 120 Å². The number of carbonyl (C=O) groups excluding carboxylic acids is 1. The van der Waals surface area contributed by atoms with Gasteiger partial charge in [-0.1, -0.05) is 0 Å². The molecule has 19 heavy (non-hydrogen) atoms. The van der Waals surface area contributed by atoms with Gasteiger partial charge in [0.2, 0.25) is 0 Å². The second kappa shape index (κ2) is 6.39. The first-order valence-corrected chi connectivity index (χ1v) is 6.54. The van der Waals surface area contributed by atoms with Gasteiger partial charge in [0.1, 0.15) is 0 Å². The Morgan fingerprint density at radius 2 is 2.26 bits per heavy atom. The summed E-state index contributed by atoms with van der Waals surface area (Å²) in [6.45, 7) is 5.54. The molecule has 2 N–H and O–H groups in total. The standard InChI is InChI=1S/C13H22N4O.ClH/c1-9(14)11-5-4-6-17(8-11)13(18)12-7-15-16(3)10(12)2;/h7,9,11H,4-6,8,14H2,1-3H3;1H. The number of rotatable bonds is 2. The molecule has 108 valence electrons. The Balaban J connectivity index is 0.00000180. The van der Waals surface area contributed by atoms with Gasteiger partial charge in [-0.25, -0.2) is 0 Å². The first-order chi connectivity index (χ1) is 8.50. The van der Waals surface area contributed by atoms with Crippen LogP contribution >= 0.6 is 12.4 Å². The van der Waals surface area contributed by atoms with E-state index in [0.717, 1.165) is 31.6 Å². The summed E-state index contributed by atoms with van der Waals surface area (Å²) in [6.07, 6.45) is 3.82. The number of nitrogens with two attached hydrogens (primary N) is 1. The second-order valence-electron chi connectivity index (χ2n) is 5.28. The zero-order chi connectivity index (χ0) is 13.3. The minimum atomic E-state index is 0. The van der Waals surface area contributed by atoms with Gasteiger partial charge in [-0.15, -0.1) is 12.4 Å². The van der Waals surface area contributed by atoms with Gasteiger partial charge in [-0.2, -0.15) is 5.10 Å². The van der Waals surface area contributed by atoms with Crippen LogP contribution in [0.1, 0.15) is 35.8 Å². The molecule has 0 bridgehead atoms. The van der Waals surface area contributed by atoms with Gasteiger partial charge in [0.25, 0.3) is 5.91 Å². The maximum absolute atomic E-state index is 12.4. The number of carbonyl (C=O) groups is 1. The molecule has 2 atom stereocenters. The number of piperidine rings is 1. The lowest BCUT2D eigenvalue weighted by molar-refractivity contribution is 0.0660. The molecular formula is C13H23ClN4O. The molecule has 0 radical (unpaired) electrons. The van der Waals surface area contributed by atoms with E-state index in [1.54, 1.807) is 10.9 Å². The topological polar surface area (TPSA) is 64.2 Å². The van der Waals surface area contributed by atoms with Gasteiger partial charge in [0.05, 0.1) is 11.8 Å². The fourth-order valence-corrected chi connectivity index (χ4v) is 2.50. The van der Waals surface area contributed by atoms with Crippen LogP contribution in [0.2, 0.25) is 0 Å². The van der Waals surface area contributed by atoms with Crippen LogP contribution in [0.25, 0.3) is 0 Å². The van der Waals surface area contributed by atoms with Crippen molar-refractivity contribution in [1.82, 2.24) is 14.7 Å². The van der Waals surface area contributed by atoms with Crippen molar-refractivity contribution in [2.45, 2.75) is 32.7 Å². The third kappa shape index (κ3) is 3.28. The number of halogens is 1. The van der Waals surface area contributed by atoms with Gasteiger partial charge >= 0.3 is 0 Å². The molecule has 0 aliphatic carbocycles. The van der Waals surface area contributed by atoms with Crippen molar-refractivity contribution in [3.05, 3.63) is 17.5 Å². The number of aromatic nitrogens is 2. The summed E-state index contributed by atoms with van der Waals surface area (Å²) < 4.78 is 1.74. The molecule has 1 aromatic heterocycles. The van der Waals surface area contributed by atoms with Crippen LogP contribution in [0.3, 0.4) is 0 Å². The highest BCUT2D eigenvalue weighted by molar-refractivity contribution is 5.95. The fourth-order valence-electron chi connectivity index (χ4n) is 2.50. The number of nitrogens with zero attached hydrogens (tertiary/aromatic N) is 3. The Bertz CT molecular complexity index is 444. The smallest absolute Gasteiger partial charge is 0.257 e. The van der Waals surface area contributed by atoms with Crippen LogP contribution in [0.5, 0.6) is 0 Å². The highest BCUT2D eigenvalue weighted by Gasteiger charge is 2.27. The van der Waals surface area contributed by atoms with Crippen molar-refractivity contribution in [3.8, 4) is 0 Å². The third-order valence-corrected chi connectivity index (χ3v) is 3.95. The van der Waals surface area contributed by atoms with Crippen LogP contribution < -0.4 is 5.73 Å². The molecule has 2 heterocycles. The molecule has 2 rings (SSSR count). The minimum absolute atomic E-state index is 0. The SMILES string of the molecule is Cc1c(C(=O)N2CCCC(C(C)N)C2)cnn1C.Cl. The van der Waals surface area contributed by atoms with E-state index in [9.17, 15) is 4.79 Å². The van der Waals surface area contributed by atoms with E-state index in [2.05, 4.69) is 5.10 Å². The molecule has 1 aliphatic heterocycles. The summed E-state index contributed by atoms with van der Waals surface area (Å²) in [6, 6.07) is 0.149. The molecule has 0 saturated carbocycles. The van der Waals surface area contributed by atoms with Gasteiger partial charge in [0.15, 0.2) is 0 Å². The quantitative estimate of drug-likeness (QED) is 0.892. The average Bonchev–Trinajstić information content (AvgIpc) is 2.69. The normalized spacial score (nSPS) is 20.8. The maximum Gasteiger partial charge on any atom is 0.257 e. The molecular weight excluding hydrogens is 264 g/mol. The lowest BCUT2D eigenvalue weighted by atomic mass is 9.92. The van der Waals surface area contributed by atoms with Crippen molar-refractivity contribution >= 4 is 18.3 Å². The number of hydrogen-bond acceptors (Lipinski definition) is 3. The summed E-state index contributed by atoms with van der Waals surface area (Å²) in [5.74, 6) is 0.505. The summed E-state index contributed by atoms with van der Waals surface area (Å²) >= 11 is 0. The Kier molecular flexibility index (Phi) is 5.38. The second-order valence-corrected chi connectivity index (χ2v) is 5.28. The lowest BCUT2D eigenvalue weighted by Gasteiger charge is -2.34. The number of hydrogen-bond donors (Lipinski definition) is 1. The van der Waals surface area contributed by atoms with E-state index < -0.39 is 0 Å². The molecule has 2 unspecified atom stereocenters. The Hall–Kier alpha value is -1.07. The third-order valence-electron chi connectivity index (χ3n) is 3.95. The molecule has 1 saturated heterocycles. The molecule has 6 heteroatoms. The van der Waals surface area contributed by atoms with Crippen LogP contribution in [-0.4, -0.2) is 39.7 Å². The Morgan fingerprint density at radius 1 is 1.58 bits per heavy atom. The van der Waals surface area contributed by atoms with E-state index in [4.69, 9.17) is 5.73 Å². The van der Waals surface area contributed by atoms with Gasteiger partial charge < -0.3 is 10.6 Å². The predicted molar refractivity (Wildman–Crippen MR) is 77.5 cm³/mol. The van der Waals surface area contributed by atoms with Crippen molar-refractivity contribution < 1.29 is 4.79 Å². The Morgan fingerprint density at radius 3 is 2.79 bits per heavy atom. The molecule has 1 amide bonds. The molecule has 5 nitrogen and oxygen atoms in total. The summed E-state index contributed by atoms with van der Waals surface area (Å²) in [5, 5.41) is 4.13. The van der Waals surface area contributed by atoms with Crippen LogP contribution in [-0.2, 0) is 7.05 Å². The zero-order valence-corrected chi connectivity index (χ0v) is 12.6. The number of likely N-dealkylation sites (tertiary alicyclic amines) is 1. The van der Waals surface area contributed by atoms with Crippen molar-refractivity contribution in [3.63, 3.8) is 0 Å². The van der Waals surface area contributed by atoms with Crippen LogP contribution in [0.15, 0.2) is 6.20 Å². The van der Waals surface area contributed by atoms with Gasteiger partial charge in [-0.05, 0) is 32.6 Å². The van der Waals surface area contributed by atoms with E-state index in [1.807, 2.05) is 25.8 Å². The highest BCUT2D eigenvalue weighted by atomic mass is 35.5. The predicted octanol–water partition coefficient (Wildman–Crippen LogP) is 1.35. The van der Waals surface area contributed by atoms with E-state index in [0.29, 0.717) is 11.5 Å². The first-order valence-electron chi connectivity index (χ1n) is 6.54. The summed E-state index contributed by atoms with van der Waals surface area (Å²) in [4.78, 5) is 14.4. The largest absolute Gasteiger partial charge is 0.338 e. The molecule has 0 aromatic carbocycles. The minimum Gasteiger partial charge on any atom is -0.338 e. The van der Waals surface area contributed by atoms with Crippen molar-refractivity contribution in [2.24, 2.45) is 18.7 Å². The number of amides is 1. The number of aryl methyl sites for hydroxylation is 1. The fraction of sp³-hybridized carbons (Fsp3) is 0.692. The van der Waals surface area contributed by atoms with Crippen molar-refractivity contribution in [1.29, 1.82) is 0 Å². The zero-order valence-electron chi connectivity index (χ0n) is 11.8. The monoisotopic (exact) mass is 286 g/mol. The van der Waals surface area contributed by atoms with Gasteiger partial charge in [0, 0.05) is 31.9 Å². The van der Waals surface area contributed by atoms with Crippen LogP contribution in [0, 0.1) is 12.8 Å². The molecule has 1 aromatic rings. The molecule has 1 fully saturated rings. The van der Waals surface area contributed by atoms with E-state index in [1.165, 1.54) is 0 Å². The molecule has 0 spiro atoms. The van der Waals surface area contributed by atoms with E-state index in [-0.39, 0.29) is 24.4 Å². The van der Waals surface area contributed by atoms with E-state index >= 15 is 0 Å². The van der Waals surface area contributed by atoms with Crippen molar-refractivity contribution in [2.75, 3.05) is 13.1 Å². The summed E-state index contributed by atoms with van der Waals surface area (Å²) in [5.41, 5.74) is 7.58. The first kappa shape index (κ1) is 16.0. The lowest BCUT2D eigenvalue weighted by Crippen LogP contribution is -2.45. The van der Waals surface area contributed by atoms with Crippen LogP contribution in [0.4, 0.5) is 0 Å². The maximum atomic E-state index is 12.4. The van der Waals surface area contributed by atoms with Gasteiger partial charge in [-0.3, -0.25) is 9.48 Å². The average molecular weight is 287 g/mol. The molecule has 1 aliphatic rings. The summed E-state index contributed by atoms with van der Waals surface area (Å²) in [7, 11) is 1.85.